The maximum atomic E-state index is 12.6. The third kappa shape index (κ3) is 6.09. The maximum absolute atomic E-state index is 12.6. The second kappa shape index (κ2) is 11.4. The zero-order valence-corrected chi connectivity index (χ0v) is 23.2. The van der Waals surface area contributed by atoms with Crippen LogP contribution in [-0.2, 0) is 14.8 Å². The summed E-state index contributed by atoms with van der Waals surface area (Å²) in [5, 5.41) is 7.43. The van der Waals surface area contributed by atoms with Crippen LogP contribution in [0.1, 0.15) is 0 Å². The highest BCUT2D eigenvalue weighted by molar-refractivity contribution is 7.93. The summed E-state index contributed by atoms with van der Waals surface area (Å²) in [6, 6.07) is 16.3. The third-order valence-electron chi connectivity index (χ3n) is 6.22. The molecule has 2 aromatic carbocycles. The molecule has 1 fully saturated rings. The molecule has 6 rings (SSSR count). The number of anilines is 4. The molecule has 0 radical (unpaired) electrons. The van der Waals surface area contributed by atoms with Gasteiger partial charge in [-0.25, -0.2) is 28.2 Å². The van der Waals surface area contributed by atoms with Crippen molar-refractivity contribution in [3.63, 3.8) is 0 Å². The molecule has 1 saturated heterocycles. The van der Waals surface area contributed by atoms with Gasteiger partial charge >= 0.3 is 6.03 Å². The molecule has 4 heterocycles. The molecule has 3 aromatic heterocycles. The topological polar surface area (TPSA) is 151 Å². The lowest BCUT2D eigenvalue weighted by Gasteiger charge is -2.28. The van der Waals surface area contributed by atoms with E-state index < -0.39 is 16.1 Å². The van der Waals surface area contributed by atoms with Crippen LogP contribution in [-0.4, -0.2) is 60.7 Å². The zero-order chi connectivity index (χ0) is 28.2. The van der Waals surface area contributed by atoms with Gasteiger partial charge in [0.25, 0.3) is 10.0 Å². The summed E-state index contributed by atoms with van der Waals surface area (Å²) in [5.74, 6) is 1.33. The van der Waals surface area contributed by atoms with Gasteiger partial charge < -0.3 is 20.3 Å². The molecule has 0 spiro atoms. The third-order valence-corrected chi connectivity index (χ3v) is 8.40. The number of hydrogen-bond acceptors (Lipinski definition) is 10. The van der Waals surface area contributed by atoms with E-state index in [4.69, 9.17) is 14.7 Å². The molecule has 0 aliphatic carbocycles. The standard InChI is InChI=1S/C27H24N8O4S2/c36-26(31-20-7-9-21(10-8-20)41(37,38)34-27-29-12-17-40-27)30-19-5-3-18(4-6-19)24-32-22-2-1-11-28-23(22)25(33-24)35-13-15-39-16-14-35/h1-12,17H,13-16H2,(H,29,34)(H2,30,31,36). The quantitative estimate of drug-likeness (QED) is 0.251. The van der Waals surface area contributed by atoms with Crippen LogP contribution in [0, 0.1) is 0 Å². The Hall–Kier alpha value is -4.66. The normalized spacial score (nSPS) is 13.6. The van der Waals surface area contributed by atoms with Crippen molar-refractivity contribution in [3.05, 3.63) is 78.4 Å². The van der Waals surface area contributed by atoms with E-state index in [1.54, 1.807) is 23.7 Å². The van der Waals surface area contributed by atoms with Crippen LogP contribution in [0.5, 0.6) is 0 Å². The van der Waals surface area contributed by atoms with Gasteiger partial charge in [0.1, 0.15) is 5.52 Å². The molecule has 3 N–H and O–H groups in total. The van der Waals surface area contributed by atoms with Gasteiger partial charge in [-0.1, -0.05) is 0 Å². The first-order valence-corrected chi connectivity index (χ1v) is 15.0. The Labute approximate surface area is 239 Å². The number of fused-ring (bicyclic) bond motifs is 1. The molecule has 2 amide bonds. The molecular formula is C27H24N8O4S2. The maximum Gasteiger partial charge on any atom is 0.323 e. The Morgan fingerprint density at radius 3 is 2.27 bits per heavy atom. The highest BCUT2D eigenvalue weighted by Crippen LogP contribution is 2.27. The number of sulfonamides is 1. The first kappa shape index (κ1) is 26.6. The first-order valence-electron chi connectivity index (χ1n) is 12.6. The highest BCUT2D eigenvalue weighted by Gasteiger charge is 2.19. The number of carbonyl (C=O) groups is 1. The lowest BCUT2D eigenvalue weighted by molar-refractivity contribution is 0.122. The van der Waals surface area contributed by atoms with E-state index in [-0.39, 0.29) is 10.0 Å². The van der Waals surface area contributed by atoms with E-state index >= 15 is 0 Å². The van der Waals surface area contributed by atoms with Gasteiger partial charge in [-0.05, 0) is 60.7 Å². The van der Waals surface area contributed by atoms with E-state index in [1.165, 1.54) is 41.8 Å². The van der Waals surface area contributed by atoms with E-state index in [0.29, 0.717) is 30.4 Å². The Morgan fingerprint density at radius 1 is 0.878 bits per heavy atom. The molecule has 0 bridgehead atoms. The summed E-state index contributed by atoms with van der Waals surface area (Å²) in [6.07, 6.45) is 3.25. The van der Waals surface area contributed by atoms with Crippen molar-refractivity contribution in [1.29, 1.82) is 0 Å². The van der Waals surface area contributed by atoms with Crippen LogP contribution < -0.4 is 20.3 Å². The van der Waals surface area contributed by atoms with Gasteiger partial charge in [0.15, 0.2) is 16.8 Å². The van der Waals surface area contributed by atoms with Crippen LogP contribution in [0.25, 0.3) is 22.4 Å². The second-order valence-corrected chi connectivity index (χ2v) is 11.5. The summed E-state index contributed by atoms with van der Waals surface area (Å²) < 4.78 is 32.9. The van der Waals surface area contributed by atoms with Crippen molar-refractivity contribution in [2.24, 2.45) is 0 Å². The molecule has 0 unspecified atom stereocenters. The number of morpholine rings is 1. The fourth-order valence-electron chi connectivity index (χ4n) is 4.24. The fraction of sp³-hybridized carbons (Fsp3) is 0.148. The minimum Gasteiger partial charge on any atom is -0.378 e. The number of thiazole rings is 1. The summed E-state index contributed by atoms with van der Waals surface area (Å²) in [4.78, 5) is 32.8. The van der Waals surface area contributed by atoms with Gasteiger partial charge in [0, 0.05) is 47.8 Å². The van der Waals surface area contributed by atoms with Gasteiger partial charge in [-0.3, -0.25) is 9.71 Å². The van der Waals surface area contributed by atoms with Crippen LogP contribution in [0.15, 0.2) is 83.3 Å². The largest absolute Gasteiger partial charge is 0.378 e. The Kier molecular flexibility index (Phi) is 7.41. The minimum absolute atomic E-state index is 0.0534. The molecular weight excluding hydrogens is 564 g/mol. The molecule has 1 aliphatic heterocycles. The van der Waals surface area contributed by atoms with Crippen LogP contribution >= 0.6 is 11.3 Å². The van der Waals surface area contributed by atoms with Crippen molar-refractivity contribution in [2.45, 2.75) is 4.90 Å². The molecule has 0 atom stereocenters. The number of aromatic nitrogens is 4. The lowest BCUT2D eigenvalue weighted by atomic mass is 10.2. The average Bonchev–Trinajstić information content (AvgIpc) is 3.50. The molecule has 41 heavy (non-hydrogen) atoms. The molecule has 0 saturated carbocycles. The first-order chi connectivity index (χ1) is 19.9. The highest BCUT2D eigenvalue weighted by atomic mass is 32.2. The summed E-state index contributed by atoms with van der Waals surface area (Å²) in [6.45, 7) is 2.71. The molecule has 1 aliphatic rings. The number of pyridine rings is 1. The Morgan fingerprint density at radius 2 is 1.59 bits per heavy atom. The van der Waals surface area contributed by atoms with E-state index in [2.05, 4.69) is 30.2 Å². The summed E-state index contributed by atoms with van der Waals surface area (Å²) in [5.41, 5.74) is 3.28. The van der Waals surface area contributed by atoms with Crippen molar-refractivity contribution in [2.75, 3.05) is 46.6 Å². The second-order valence-electron chi connectivity index (χ2n) is 8.96. The number of urea groups is 1. The van der Waals surface area contributed by atoms with E-state index in [1.807, 2.05) is 24.3 Å². The molecule has 14 heteroatoms. The summed E-state index contributed by atoms with van der Waals surface area (Å²) >= 11 is 1.18. The predicted octanol–water partition coefficient (Wildman–Crippen LogP) is 4.43. The Balaban J connectivity index is 1.13. The zero-order valence-electron chi connectivity index (χ0n) is 21.5. The number of nitrogens with zero attached hydrogens (tertiary/aromatic N) is 5. The average molecular weight is 589 g/mol. The van der Waals surface area contributed by atoms with Crippen molar-refractivity contribution in [1.82, 2.24) is 19.9 Å². The van der Waals surface area contributed by atoms with Gasteiger partial charge in [-0.2, -0.15) is 0 Å². The van der Waals surface area contributed by atoms with Gasteiger partial charge in [0.2, 0.25) is 0 Å². The molecule has 5 aromatic rings. The van der Waals surface area contributed by atoms with E-state index in [9.17, 15) is 13.2 Å². The smallest absolute Gasteiger partial charge is 0.323 e. The minimum atomic E-state index is -3.78. The number of amides is 2. The predicted molar refractivity (Wildman–Crippen MR) is 158 cm³/mol. The number of nitrogens with one attached hydrogen (secondary N) is 3. The van der Waals surface area contributed by atoms with Crippen molar-refractivity contribution >= 4 is 60.7 Å². The molecule has 208 valence electrons. The SMILES string of the molecule is O=C(Nc1ccc(-c2nc(N3CCOCC3)c3ncccc3n2)cc1)Nc1ccc(S(=O)(=O)Nc2nccs2)cc1. The monoisotopic (exact) mass is 588 g/mol. The van der Waals surface area contributed by atoms with Crippen LogP contribution in [0.2, 0.25) is 0 Å². The van der Waals surface area contributed by atoms with Gasteiger partial charge in [-0.15, -0.1) is 11.3 Å². The van der Waals surface area contributed by atoms with E-state index in [0.717, 1.165) is 35.5 Å². The summed E-state index contributed by atoms with van der Waals surface area (Å²) in [7, 11) is -3.78. The van der Waals surface area contributed by atoms with Crippen molar-refractivity contribution < 1.29 is 17.9 Å². The number of rotatable bonds is 7. The fourth-order valence-corrected chi connectivity index (χ4v) is 6.03. The Bertz CT molecular complexity index is 1780. The number of ether oxygens (including phenoxy) is 1. The number of hydrogen-bond donors (Lipinski definition) is 3. The number of benzene rings is 2. The molecule has 12 nitrogen and oxygen atoms in total. The van der Waals surface area contributed by atoms with Gasteiger partial charge in [0.05, 0.1) is 23.6 Å². The van der Waals surface area contributed by atoms with Crippen LogP contribution in [0.3, 0.4) is 0 Å². The number of carbonyl (C=O) groups excluding carboxylic acids is 1. The van der Waals surface area contributed by atoms with Crippen LogP contribution in [0.4, 0.5) is 27.1 Å². The lowest BCUT2D eigenvalue weighted by Crippen LogP contribution is -2.37. The van der Waals surface area contributed by atoms with Crippen molar-refractivity contribution in [3.8, 4) is 11.4 Å².